The van der Waals surface area contributed by atoms with Crippen molar-refractivity contribution in [1.29, 1.82) is 0 Å². The minimum atomic E-state index is -1.63. The zero-order valence-electron chi connectivity index (χ0n) is 7.78. The highest BCUT2D eigenvalue weighted by Crippen LogP contribution is 2.34. The molecule has 0 amide bonds. The van der Waals surface area contributed by atoms with Crippen molar-refractivity contribution in [3.05, 3.63) is 20.8 Å². The number of hydrazine groups is 2. The minimum absolute atomic E-state index is 0.308. The Balaban J connectivity index is 2.89. The van der Waals surface area contributed by atoms with Crippen LogP contribution in [0.25, 0.3) is 0 Å². The van der Waals surface area contributed by atoms with Gasteiger partial charge in [-0.2, -0.15) is 0 Å². The predicted octanol–water partition coefficient (Wildman–Crippen LogP) is -2.80. The van der Waals surface area contributed by atoms with Crippen LogP contribution in [-0.4, -0.2) is 55.4 Å². The molecule has 1 aliphatic carbocycles. The van der Waals surface area contributed by atoms with E-state index >= 15 is 0 Å². The van der Waals surface area contributed by atoms with Crippen LogP contribution in [0.2, 0.25) is 0 Å². The van der Waals surface area contributed by atoms with Crippen molar-refractivity contribution in [2.24, 2.45) is 11.7 Å². The van der Waals surface area contributed by atoms with Gasteiger partial charge in [0.25, 0.3) is 0 Å². The van der Waals surface area contributed by atoms with Crippen LogP contribution >= 0.6 is 0 Å². The zero-order valence-corrected chi connectivity index (χ0v) is 7.78. The number of hydrogen-bond donors (Lipinski definition) is 4. The van der Waals surface area contributed by atoms with Gasteiger partial charge in [0.1, 0.15) is 0 Å². The first kappa shape index (κ1) is 13.6. The van der Waals surface area contributed by atoms with Gasteiger partial charge in [0.15, 0.2) is 0 Å². The maximum absolute atomic E-state index is 10.8. The summed E-state index contributed by atoms with van der Waals surface area (Å²) in [5, 5.41) is 58.2. The molecule has 96 valence electrons. The van der Waals surface area contributed by atoms with Gasteiger partial charge in [0.2, 0.25) is 0 Å². The van der Waals surface area contributed by atoms with Crippen LogP contribution in [0.15, 0.2) is 0 Å². The maximum Gasteiger partial charge on any atom is 0.0566 e. The van der Waals surface area contributed by atoms with Gasteiger partial charge >= 0.3 is 0 Å². The van der Waals surface area contributed by atoms with Crippen LogP contribution in [0.5, 0.6) is 0 Å². The van der Waals surface area contributed by atoms with Crippen molar-refractivity contribution in [2.45, 2.75) is 24.2 Å². The van der Waals surface area contributed by atoms with Crippen LogP contribution in [-0.2, 0) is 0 Å². The first-order valence-electron chi connectivity index (χ1n) is 4.01. The molecule has 0 aromatic carbocycles. The van der Waals surface area contributed by atoms with Gasteiger partial charge < -0.3 is 41.6 Å². The largest absolute Gasteiger partial charge is 0.772 e. The van der Waals surface area contributed by atoms with Gasteiger partial charge in [-0.1, -0.05) is 0 Å². The van der Waals surface area contributed by atoms with Crippen LogP contribution in [0.3, 0.4) is 0 Å². The number of hydroxylamine groups is 6. The van der Waals surface area contributed by atoms with E-state index in [0.717, 1.165) is 0 Å². The lowest BCUT2D eigenvalue weighted by Crippen LogP contribution is -2.81. The molecule has 0 aromatic rings. The van der Waals surface area contributed by atoms with Gasteiger partial charge in [0.05, 0.1) is 12.1 Å². The third-order valence-electron chi connectivity index (χ3n) is 2.50. The molecule has 12 nitrogen and oxygen atoms in total. The Labute approximate surface area is 89.0 Å². The molecule has 0 spiro atoms. The highest BCUT2D eigenvalue weighted by atomic mass is 16.8. The van der Waals surface area contributed by atoms with E-state index in [0.29, 0.717) is 0 Å². The van der Waals surface area contributed by atoms with Crippen molar-refractivity contribution in [3.63, 3.8) is 0 Å². The summed E-state index contributed by atoms with van der Waals surface area (Å²) in [6.45, 7) is 0. The Bertz CT molecular complexity index is 181. The Kier molecular flexibility index (Phi) is 4.07. The molecular formula is C4H10N6O6-4. The molecular weight excluding hydrogens is 228 g/mol. The molecule has 0 unspecified atom stereocenters. The Morgan fingerprint density at radius 3 is 1.06 bits per heavy atom. The molecule has 1 saturated carbocycles. The second-order valence-electron chi connectivity index (χ2n) is 3.29. The smallest absolute Gasteiger partial charge is 0.0566 e. The molecule has 0 heterocycles. The van der Waals surface area contributed by atoms with E-state index in [4.69, 9.17) is 22.1 Å². The normalized spacial score (nSPS) is 35.2. The summed E-state index contributed by atoms with van der Waals surface area (Å²) in [5.74, 6) is 9.56. The van der Waals surface area contributed by atoms with E-state index in [1.807, 2.05) is 0 Å². The van der Waals surface area contributed by atoms with Gasteiger partial charge in [-0.3, -0.25) is 22.1 Å². The minimum Gasteiger partial charge on any atom is -0.772 e. The molecule has 0 aromatic heterocycles. The van der Waals surface area contributed by atoms with Crippen LogP contribution < -0.4 is 11.7 Å². The molecule has 1 aliphatic rings. The molecule has 12 heteroatoms. The lowest BCUT2D eigenvalue weighted by molar-refractivity contribution is -0.231. The third kappa shape index (κ3) is 2.13. The topological polar surface area (TPSA) is 198 Å². The molecule has 0 atom stereocenters. The number of rotatable bonds is 4. The summed E-state index contributed by atoms with van der Waals surface area (Å²) >= 11 is 0. The van der Waals surface area contributed by atoms with Crippen molar-refractivity contribution in [3.8, 4) is 0 Å². The molecule has 16 heavy (non-hydrogen) atoms. The van der Waals surface area contributed by atoms with Crippen molar-refractivity contribution < 1.29 is 10.4 Å². The average molecular weight is 238 g/mol. The first-order chi connectivity index (χ1) is 7.29. The first-order valence-corrected chi connectivity index (χ1v) is 4.01. The van der Waals surface area contributed by atoms with Gasteiger partial charge in [0, 0.05) is 12.1 Å². The number of hydrogen-bond acceptors (Lipinski definition) is 12. The van der Waals surface area contributed by atoms with E-state index in [2.05, 4.69) is 0 Å². The van der Waals surface area contributed by atoms with E-state index in [1.54, 1.807) is 0 Å². The van der Waals surface area contributed by atoms with Crippen LogP contribution in [0.1, 0.15) is 0 Å². The average Bonchev–Trinajstić information content (AvgIpc) is 1.97. The molecule has 0 radical (unpaired) electrons. The lowest BCUT2D eigenvalue weighted by Gasteiger charge is -2.65. The summed E-state index contributed by atoms with van der Waals surface area (Å²) in [6.07, 6.45) is 0. The second-order valence-corrected chi connectivity index (χ2v) is 3.29. The van der Waals surface area contributed by atoms with E-state index in [-0.39, 0.29) is 10.3 Å². The lowest BCUT2D eigenvalue weighted by atomic mass is 9.76. The fourth-order valence-electron chi connectivity index (χ4n) is 1.79. The standard InChI is InChI=1S/C4H10N6O6/c5-7(11)1-3(9(13)14)2(8(6)12)4(1)10(15)16/h1-4,13,15H,5-6H2/q-4. The van der Waals surface area contributed by atoms with Gasteiger partial charge in [-0.25, -0.2) is 0 Å². The second kappa shape index (κ2) is 4.80. The molecule has 0 bridgehead atoms. The summed E-state index contributed by atoms with van der Waals surface area (Å²) in [4.78, 5) is 0. The highest BCUT2D eigenvalue weighted by Gasteiger charge is 2.52. The fourth-order valence-corrected chi connectivity index (χ4v) is 1.79. The molecule has 6 N–H and O–H groups in total. The van der Waals surface area contributed by atoms with Crippen LogP contribution in [0, 0.1) is 20.8 Å². The SMILES string of the molecule is NN([O-])C1C(N([O-])O)C(N(N)[O-])C1N([O-])O. The summed E-state index contributed by atoms with van der Waals surface area (Å²) < 4.78 is 0. The fraction of sp³-hybridized carbons (Fsp3) is 1.00. The highest BCUT2D eigenvalue weighted by molar-refractivity contribution is 5.15. The quantitative estimate of drug-likeness (QED) is 0.290. The molecule has 0 saturated heterocycles. The summed E-state index contributed by atoms with van der Waals surface area (Å²) in [6, 6.07) is -6.40. The summed E-state index contributed by atoms with van der Waals surface area (Å²) in [7, 11) is 0. The van der Waals surface area contributed by atoms with Gasteiger partial charge in [-0.05, 0) is 0 Å². The van der Waals surface area contributed by atoms with Crippen molar-refractivity contribution in [1.82, 2.24) is 20.8 Å². The predicted molar refractivity (Wildman–Crippen MR) is 47.9 cm³/mol. The Hall–Kier alpha value is -0.480. The molecule has 1 fully saturated rings. The van der Waals surface area contributed by atoms with Crippen LogP contribution in [0.4, 0.5) is 0 Å². The van der Waals surface area contributed by atoms with Crippen molar-refractivity contribution in [2.75, 3.05) is 0 Å². The number of nitrogens with two attached hydrogens (primary N) is 2. The van der Waals surface area contributed by atoms with Crippen molar-refractivity contribution >= 4 is 0 Å². The summed E-state index contributed by atoms with van der Waals surface area (Å²) in [5.41, 5.74) is 0. The third-order valence-corrected chi connectivity index (χ3v) is 2.50. The van der Waals surface area contributed by atoms with Gasteiger partial charge in [-0.15, -0.1) is 0 Å². The molecule has 1 rings (SSSR count). The maximum atomic E-state index is 10.8. The monoisotopic (exact) mass is 238 g/mol. The van der Waals surface area contributed by atoms with E-state index in [9.17, 15) is 20.8 Å². The van der Waals surface area contributed by atoms with E-state index < -0.39 is 34.6 Å². The Morgan fingerprint density at radius 1 is 0.688 bits per heavy atom. The number of nitrogens with zero attached hydrogens (tertiary/aromatic N) is 4. The van der Waals surface area contributed by atoms with E-state index in [1.165, 1.54) is 0 Å². The molecule has 0 aliphatic heterocycles. The Morgan fingerprint density at radius 2 is 0.938 bits per heavy atom. The zero-order chi connectivity index (χ0) is 12.6.